The van der Waals surface area contributed by atoms with Crippen LogP contribution in [-0.4, -0.2) is 20.0 Å². The minimum Gasteiger partial charge on any atom is -0.280 e. The quantitative estimate of drug-likeness (QED) is 0.879. The van der Waals surface area contributed by atoms with Gasteiger partial charge < -0.3 is 0 Å². The molecule has 1 saturated carbocycles. The van der Waals surface area contributed by atoms with E-state index < -0.39 is 11.9 Å². The maximum atomic E-state index is 12.4. The van der Waals surface area contributed by atoms with Gasteiger partial charge >= 0.3 is 6.18 Å². The van der Waals surface area contributed by atoms with Crippen molar-refractivity contribution in [1.29, 1.82) is 0 Å². The van der Waals surface area contributed by atoms with E-state index >= 15 is 0 Å². The predicted molar refractivity (Wildman–Crippen MR) is 52.7 cm³/mol. The number of alkyl halides is 3. The van der Waals surface area contributed by atoms with E-state index in [1.54, 1.807) is 0 Å². The molecule has 2 aromatic heterocycles. The summed E-state index contributed by atoms with van der Waals surface area (Å²) in [4.78, 5) is 0. The zero-order chi connectivity index (χ0) is 12.0. The van der Waals surface area contributed by atoms with Crippen molar-refractivity contribution >= 4 is 0 Å². The van der Waals surface area contributed by atoms with Crippen LogP contribution < -0.4 is 0 Å². The predicted octanol–water partition coefficient (Wildman–Crippen LogP) is 2.49. The number of nitrogens with one attached hydrogen (secondary N) is 1. The Labute approximate surface area is 94.4 Å². The summed E-state index contributed by atoms with van der Waals surface area (Å²) in [6.45, 7) is 0. The SMILES string of the molecule is FC(F)(F)c1ccn(-c2cn[nH]c2C2CC2)n1. The van der Waals surface area contributed by atoms with Gasteiger partial charge in [-0.15, -0.1) is 0 Å². The molecule has 2 heterocycles. The van der Waals surface area contributed by atoms with E-state index in [-0.39, 0.29) is 0 Å². The second-order valence-electron chi connectivity index (χ2n) is 4.09. The van der Waals surface area contributed by atoms with Gasteiger partial charge in [0.2, 0.25) is 0 Å². The van der Waals surface area contributed by atoms with Gasteiger partial charge in [-0.05, 0) is 18.9 Å². The first kappa shape index (κ1) is 10.4. The molecule has 1 aliphatic rings. The van der Waals surface area contributed by atoms with Crippen LogP contribution in [0.2, 0.25) is 0 Å². The van der Waals surface area contributed by atoms with Crippen molar-refractivity contribution in [2.75, 3.05) is 0 Å². The van der Waals surface area contributed by atoms with Gasteiger partial charge in [-0.25, -0.2) is 4.68 Å². The molecule has 1 N–H and O–H groups in total. The van der Waals surface area contributed by atoms with Crippen LogP contribution in [0, 0.1) is 0 Å². The molecule has 2 aromatic rings. The Hall–Kier alpha value is -1.79. The van der Waals surface area contributed by atoms with Gasteiger partial charge in [0.25, 0.3) is 0 Å². The van der Waals surface area contributed by atoms with Crippen LogP contribution >= 0.6 is 0 Å². The molecule has 0 atom stereocenters. The van der Waals surface area contributed by atoms with E-state index in [1.807, 2.05) is 0 Å². The van der Waals surface area contributed by atoms with Gasteiger partial charge in [0.1, 0.15) is 5.69 Å². The Morgan fingerprint density at radius 1 is 1.35 bits per heavy atom. The van der Waals surface area contributed by atoms with Crippen LogP contribution in [0.3, 0.4) is 0 Å². The van der Waals surface area contributed by atoms with Crippen molar-refractivity contribution in [3.05, 3.63) is 29.8 Å². The Balaban J connectivity index is 1.98. The van der Waals surface area contributed by atoms with Crippen LogP contribution in [0.4, 0.5) is 13.2 Å². The summed E-state index contributed by atoms with van der Waals surface area (Å²) in [6.07, 6.45) is 0.486. The van der Waals surface area contributed by atoms with Crippen LogP contribution in [0.25, 0.3) is 5.69 Å². The molecule has 0 radical (unpaired) electrons. The highest BCUT2D eigenvalue weighted by Gasteiger charge is 2.34. The number of hydrogen-bond donors (Lipinski definition) is 1. The van der Waals surface area contributed by atoms with Crippen LogP contribution in [0.15, 0.2) is 18.5 Å². The molecule has 0 unspecified atom stereocenters. The highest BCUT2D eigenvalue weighted by molar-refractivity contribution is 5.38. The van der Waals surface area contributed by atoms with E-state index in [9.17, 15) is 13.2 Å². The standard InChI is InChI=1S/C10H9F3N4/c11-10(12,13)8-3-4-17(16-8)7-5-14-15-9(7)6-1-2-6/h3-6H,1-2H2,(H,14,15). The summed E-state index contributed by atoms with van der Waals surface area (Å²) in [6, 6.07) is 0.962. The lowest BCUT2D eigenvalue weighted by atomic mass is 10.2. The van der Waals surface area contributed by atoms with E-state index in [0.717, 1.165) is 24.6 Å². The summed E-state index contributed by atoms with van der Waals surface area (Å²) in [5.41, 5.74) is 0.574. The number of H-pyrrole nitrogens is 1. The number of nitrogens with zero attached hydrogens (tertiary/aromatic N) is 3. The molecule has 90 valence electrons. The monoisotopic (exact) mass is 242 g/mol. The van der Waals surface area contributed by atoms with E-state index in [0.29, 0.717) is 11.6 Å². The second kappa shape index (κ2) is 3.35. The van der Waals surface area contributed by atoms with Gasteiger partial charge in [-0.2, -0.15) is 23.4 Å². The lowest BCUT2D eigenvalue weighted by Gasteiger charge is -2.02. The summed E-state index contributed by atoms with van der Waals surface area (Å²) in [5, 5.41) is 10.2. The molecule has 0 aliphatic heterocycles. The molecule has 0 spiro atoms. The van der Waals surface area contributed by atoms with Crippen molar-refractivity contribution < 1.29 is 13.2 Å². The Bertz CT molecular complexity index is 536. The molecule has 1 fully saturated rings. The topological polar surface area (TPSA) is 46.5 Å². The summed E-state index contributed by atoms with van der Waals surface area (Å²) in [7, 11) is 0. The first-order chi connectivity index (χ1) is 8.05. The van der Waals surface area contributed by atoms with Gasteiger partial charge in [0.05, 0.1) is 11.9 Å². The smallest absolute Gasteiger partial charge is 0.280 e. The molecule has 0 bridgehead atoms. The number of aromatic amines is 1. The normalized spacial score (nSPS) is 16.4. The molecular weight excluding hydrogens is 233 g/mol. The third kappa shape index (κ3) is 1.81. The van der Waals surface area contributed by atoms with Crippen molar-refractivity contribution in [3.8, 4) is 5.69 Å². The highest BCUT2D eigenvalue weighted by atomic mass is 19.4. The van der Waals surface area contributed by atoms with Gasteiger partial charge in [-0.1, -0.05) is 0 Å². The van der Waals surface area contributed by atoms with Crippen LogP contribution in [0.1, 0.15) is 30.1 Å². The molecule has 1 aliphatic carbocycles. The average Bonchev–Trinajstić information content (AvgIpc) is 2.82. The molecule has 17 heavy (non-hydrogen) atoms. The molecule has 3 rings (SSSR count). The molecule has 7 heteroatoms. The summed E-state index contributed by atoms with van der Waals surface area (Å²) < 4.78 is 38.5. The lowest BCUT2D eigenvalue weighted by Crippen LogP contribution is -2.07. The number of aromatic nitrogens is 4. The molecule has 4 nitrogen and oxygen atoms in total. The van der Waals surface area contributed by atoms with Crippen molar-refractivity contribution in [3.63, 3.8) is 0 Å². The fraction of sp³-hybridized carbons (Fsp3) is 0.400. The molecule has 0 aromatic carbocycles. The number of rotatable bonds is 2. The Morgan fingerprint density at radius 3 is 2.71 bits per heavy atom. The summed E-state index contributed by atoms with van der Waals surface area (Å²) >= 11 is 0. The van der Waals surface area contributed by atoms with Crippen LogP contribution in [0.5, 0.6) is 0 Å². The van der Waals surface area contributed by atoms with Crippen molar-refractivity contribution in [2.45, 2.75) is 24.9 Å². The maximum Gasteiger partial charge on any atom is 0.435 e. The Kier molecular flexibility index (Phi) is 2.04. The zero-order valence-electron chi connectivity index (χ0n) is 8.70. The van der Waals surface area contributed by atoms with E-state index in [2.05, 4.69) is 15.3 Å². The number of halogens is 3. The lowest BCUT2D eigenvalue weighted by molar-refractivity contribution is -0.141. The molecular formula is C10H9F3N4. The second-order valence-corrected chi connectivity index (χ2v) is 4.09. The maximum absolute atomic E-state index is 12.4. The summed E-state index contributed by atoms with van der Waals surface area (Å²) in [5.74, 6) is 0.381. The van der Waals surface area contributed by atoms with Crippen LogP contribution in [-0.2, 0) is 6.18 Å². The van der Waals surface area contributed by atoms with Crippen molar-refractivity contribution in [1.82, 2.24) is 20.0 Å². The van der Waals surface area contributed by atoms with Gasteiger partial charge in [0.15, 0.2) is 5.69 Å². The molecule has 0 amide bonds. The van der Waals surface area contributed by atoms with E-state index in [4.69, 9.17) is 0 Å². The molecule has 0 saturated heterocycles. The highest BCUT2D eigenvalue weighted by Crippen LogP contribution is 2.41. The first-order valence-electron chi connectivity index (χ1n) is 5.22. The zero-order valence-corrected chi connectivity index (χ0v) is 8.70. The minimum atomic E-state index is -4.41. The first-order valence-corrected chi connectivity index (χ1v) is 5.22. The minimum absolute atomic E-state index is 0.381. The average molecular weight is 242 g/mol. The van der Waals surface area contributed by atoms with E-state index in [1.165, 1.54) is 17.1 Å². The van der Waals surface area contributed by atoms with Gasteiger partial charge in [0, 0.05) is 12.1 Å². The largest absolute Gasteiger partial charge is 0.435 e. The third-order valence-corrected chi connectivity index (χ3v) is 2.76. The fourth-order valence-electron chi connectivity index (χ4n) is 1.75. The van der Waals surface area contributed by atoms with Crippen molar-refractivity contribution in [2.24, 2.45) is 0 Å². The Morgan fingerprint density at radius 2 is 2.12 bits per heavy atom. The fourth-order valence-corrected chi connectivity index (χ4v) is 1.75. The third-order valence-electron chi connectivity index (χ3n) is 2.76. The number of hydrogen-bond acceptors (Lipinski definition) is 2. The van der Waals surface area contributed by atoms with Gasteiger partial charge in [-0.3, -0.25) is 5.10 Å².